The average Bonchev–Trinajstić information content (AvgIpc) is 2.26. The molecule has 1 amide bonds. The van der Waals surface area contributed by atoms with E-state index in [2.05, 4.69) is 31.4 Å². The van der Waals surface area contributed by atoms with Crippen molar-refractivity contribution in [1.82, 2.24) is 10.6 Å². The van der Waals surface area contributed by atoms with Crippen LogP contribution in [0.15, 0.2) is 0 Å². The van der Waals surface area contributed by atoms with Gasteiger partial charge in [-0.3, -0.25) is 4.79 Å². The van der Waals surface area contributed by atoms with Gasteiger partial charge in [0, 0.05) is 12.0 Å². The minimum atomic E-state index is 0.172. The van der Waals surface area contributed by atoms with E-state index in [1.54, 1.807) is 0 Å². The van der Waals surface area contributed by atoms with Gasteiger partial charge in [0.2, 0.25) is 5.91 Å². The summed E-state index contributed by atoms with van der Waals surface area (Å²) in [4.78, 5) is 12.2. The predicted octanol–water partition coefficient (Wildman–Crippen LogP) is 2.17. The fraction of sp³-hybridized carbons (Fsp3) is 0.933. The summed E-state index contributed by atoms with van der Waals surface area (Å²) in [6, 6.07) is 0.425. The lowest BCUT2D eigenvalue weighted by Gasteiger charge is -2.35. The highest BCUT2D eigenvalue weighted by Crippen LogP contribution is 2.30. The van der Waals surface area contributed by atoms with E-state index in [1.807, 2.05) is 0 Å². The third-order valence-corrected chi connectivity index (χ3v) is 4.94. The summed E-state index contributed by atoms with van der Waals surface area (Å²) in [7, 11) is 0. The van der Waals surface area contributed by atoms with Gasteiger partial charge in [-0.1, -0.05) is 33.6 Å². The number of hydrogen-bond acceptors (Lipinski definition) is 2. The van der Waals surface area contributed by atoms with E-state index in [1.165, 1.54) is 25.7 Å². The minimum Gasteiger partial charge on any atom is -0.353 e. The average molecular weight is 252 g/mol. The topological polar surface area (TPSA) is 41.1 Å². The number of carbonyl (C=O) groups excluding carboxylic acids is 1. The Kier molecular flexibility index (Phi) is 4.66. The van der Waals surface area contributed by atoms with Crippen LogP contribution < -0.4 is 10.6 Å². The maximum absolute atomic E-state index is 12.2. The van der Waals surface area contributed by atoms with Crippen LogP contribution in [0.25, 0.3) is 0 Å². The van der Waals surface area contributed by atoms with E-state index in [-0.39, 0.29) is 11.8 Å². The van der Waals surface area contributed by atoms with Crippen LogP contribution in [0.2, 0.25) is 0 Å². The van der Waals surface area contributed by atoms with Crippen LogP contribution in [-0.2, 0) is 4.79 Å². The molecule has 0 bridgehead atoms. The minimum absolute atomic E-state index is 0.172. The van der Waals surface area contributed by atoms with Gasteiger partial charge in [0.1, 0.15) is 0 Å². The molecule has 104 valence electrons. The van der Waals surface area contributed by atoms with E-state index in [0.717, 1.165) is 24.9 Å². The maximum atomic E-state index is 12.2. The summed E-state index contributed by atoms with van der Waals surface area (Å²) in [6.45, 7) is 8.69. The quantitative estimate of drug-likeness (QED) is 0.805. The molecule has 18 heavy (non-hydrogen) atoms. The molecule has 3 heteroatoms. The monoisotopic (exact) mass is 252 g/mol. The Labute approximate surface area is 111 Å². The van der Waals surface area contributed by atoms with Gasteiger partial charge in [-0.2, -0.15) is 0 Å². The molecule has 1 heterocycles. The van der Waals surface area contributed by atoms with Crippen LogP contribution in [0.5, 0.6) is 0 Å². The van der Waals surface area contributed by atoms with Crippen LogP contribution in [0.1, 0.15) is 46.5 Å². The normalized spacial score (nSPS) is 30.9. The van der Waals surface area contributed by atoms with Crippen molar-refractivity contribution in [1.29, 1.82) is 0 Å². The van der Waals surface area contributed by atoms with Gasteiger partial charge < -0.3 is 10.6 Å². The lowest BCUT2D eigenvalue weighted by Crippen LogP contribution is -2.51. The summed E-state index contributed by atoms with van der Waals surface area (Å²) in [6.07, 6.45) is 4.96. The number of amides is 1. The number of rotatable bonds is 4. The Hall–Kier alpha value is -0.570. The SMILES string of the molecule is CC(C)C1CCCC(NC(=O)C(C)C2CNC2)C1. The van der Waals surface area contributed by atoms with Crippen LogP contribution in [-0.4, -0.2) is 25.0 Å². The molecule has 0 aromatic rings. The molecule has 0 aromatic heterocycles. The van der Waals surface area contributed by atoms with Gasteiger partial charge in [0.25, 0.3) is 0 Å². The second-order valence-corrected chi connectivity index (χ2v) is 6.58. The second-order valence-electron chi connectivity index (χ2n) is 6.58. The molecule has 2 rings (SSSR count). The summed E-state index contributed by atoms with van der Waals surface area (Å²) in [5, 5.41) is 6.53. The van der Waals surface area contributed by atoms with E-state index < -0.39 is 0 Å². The summed E-state index contributed by atoms with van der Waals surface area (Å²) < 4.78 is 0. The first-order valence-electron chi connectivity index (χ1n) is 7.59. The van der Waals surface area contributed by atoms with Gasteiger partial charge in [-0.15, -0.1) is 0 Å². The van der Waals surface area contributed by atoms with Gasteiger partial charge in [0.15, 0.2) is 0 Å². The highest BCUT2D eigenvalue weighted by molar-refractivity contribution is 5.79. The fourth-order valence-electron chi connectivity index (χ4n) is 3.18. The Morgan fingerprint density at radius 3 is 2.44 bits per heavy atom. The van der Waals surface area contributed by atoms with E-state index in [9.17, 15) is 4.79 Å². The van der Waals surface area contributed by atoms with Crippen LogP contribution in [0, 0.1) is 23.7 Å². The lowest BCUT2D eigenvalue weighted by molar-refractivity contribution is -0.127. The molecule has 0 aromatic carbocycles. The zero-order valence-electron chi connectivity index (χ0n) is 12.0. The molecule has 1 saturated carbocycles. The summed E-state index contributed by atoms with van der Waals surface area (Å²) >= 11 is 0. The molecule has 3 atom stereocenters. The Morgan fingerprint density at radius 2 is 1.89 bits per heavy atom. The zero-order valence-corrected chi connectivity index (χ0v) is 12.0. The van der Waals surface area contributed by atoms with Crippen molar-refractivity contribution in [2.24, 2.45) is 23.7 Å². The van der Waals surface area contributed by atoms with Crippen LogP contribution >= 0.6 is 0 Å². The zero-order chi connectivity index (χ0) is 13.1. The van der Waals surface area contributed by atoms with Crippen molar-refractivity contribution in [3.05, 3.63) is 0 Å². The van der Waals surface area contributed by atoms with Crippen molar-refractivity contribution in [2.75, 3.05) is 13.1 Å². The predicted molar refractivity (Wildman–Crippen MR) is 74.3 cm³/mol. The van der Waals surface area contributed by atoms with Crippen molar-refractivity contribution < 1.29 is 4.79 Å². The van der Waals surface area contributed by atoms with E-state index in [0.29, 0.717) is 12.0 Å². The molecule has 2 aliphatic rings. The molecule has 0 radical (unpaired) electrons. The first kappa shape index (κ1) is 13.9. The summed E-state index contributed by atoms with van der Waals surface area (Å²) in [5.41, 5.74) is 0. The summed E-state index contributed by atoms with van der Waals surface area (Å²) in [5.74, 6) is 2.54. The Balaban J connectivity index is 1.79. The standard InChI is InChI=1S/C15H28N2O/c1-10(2)12-5-4-6-14(7-12)17-15(18)11(3)13-8-16-9-13/h10-14,16H,4-9H2,1-3H3,(H,17,18). The molecular weight excluding hydrogens is 224 g/mol. The third-order valence-electron chi connectivity index (χ3n) is 4.94. The van der Waals surface area contributed by atoms with Gasteiger partial charge >= 0.3 is 0 Å². The first-order chi connectivity index (χ1) is 8.58. The van der Waals surface area contributed by atoms with E-state index >= 15 is 0 Å². The molecule has 0 spiro atoms. The van der Waals surface area contributed by atoms with Crippen molar-refractivity contribution in [3.63, 3.8) is 0 Å². The number of hydrogen-bond donors (Lipinski definition) is 2. The Bertz CT molecular complexity index is 286. The molecule has 1 saturated heterocycles. The van der Waals surface area contributed by atoms with Gasteiger partial charge in [-0.05, 0) is 43.7 Å². The molecule has 1 aliphatic heterocycles. The van der Waals surface area contributed by atoms with Crippen molar-refractivity contribution >= 4 is 5.91 Å². The van der Waals surface area contributed by atoms with Gasteiger partial charge in [-0.25, -0.2) is 0 Å². The first-order valence-corrected chi connectivity index (χ1v) is 7.59. The number of carbonyl (C=O) groups is 1. The fourth-order valence-corrected chi connectivity index (χ4v) is 3.18. The lowest BCUT2D eigenvalue weighted by atomic mass is 9.79. The molecule has 2 fully saturated rings. The van der Waals surface area contributed by atoms with Crippen molar-refractivity contribution in [3.8, 4) is 0 Å². The maximum Gasteiger partial charge on any atom is 0.223 e. The number of nitrogens with one attached hydrogen (secondary N) is 2. The van der Waals surface area contributed by atoms with Crippen LogP contribution in [0.4, 0.5) is 0 Å². The third kappa shape index (κ3) is 3.25. The second kappa shape index (κ2) is 6.05. The Morgan fingerprint density at radius 1 is 1.17 bits per heavy atom. The smallest absolute Gasteiger partial charge is 0.223 e. The highest BCUT2D eigenvalue weighted by atomic mass is 16.1. The largest absolute Gasteiger partial charge is 0.353 e. The van der Waals surface area contributed by atoms with Crippen molar-refractivity contribution in [2.45, 2.75) is 52.5 Å². The van der Waals surface area contributed by atoms with Crippen LogP contribution in [0.3, 0.4) is 0 Å². The van der Waals surface area contributed by atoms with Gasteiger partial charge in [0.05, 0.1) is 0 Å². The molecular formula is C15H28N2O. The van der Waals surface area contributed by atoms with E-state index in [4.69, 9.17) is 0 Å². The molecule has 1 aliphatic carbocycles. The molecule has 3 nitrogen and oxygen atoms in total. The molecule has 2 N–H and O–H groups in total. The molecule has 3 unspecified atom stereocenters. The highest BCUT2D eigenvalue weighted by Gasteiger charge is 2.31.